The summed E-state index contributed by atoms with van der Waals surface area (Å²) in [6, 6.07) is 8.56. The number of carbonyl (C=O) groups is 1. The fourth-order valence-electron chi connectivity index (χ4n) is 4.62. The molecule has 2 bridgehead atoms. The Bertz CT molecular complexity index is 631. The summed E-state index contributed by atoms with van der Waals surface area (Å²) in [4.78, 5) is 17.5. The van der Waals surface area contributed by atoms with E-state index in [-0.39, 0.29) is 6.61 Å². The Kier molecular flexibility index (Phi) is 5.46. The third-order valence-corrected chi connectivity index (χ3v) is 6.29. The van der Waals surface area contributed by atoms with E-state index >= 15 is 0 Å². The van der Waals surface area contributed by atoms with Crippen molar-refractivity contribution in [3.05, 3.63) is 29.8 Å². The summed E-state index contributed by atoms with van der Waals surface area (Å²) in [5.41, 5.74) is 1.17. The standard InChI is InChI=1S/C21H30N2O3/c24-10-11-26-20-7-2-1-4-18(20)14-22-12-16-8-9-19(22)15-23(13-16)21(25)17-5-3-6-17/h1-2,4,7,16-17,19,24H,3,5-6,8-15H2/t16-,19-/m1/s1. The Morgan fingerprint density at radius 2 is 1.96 bits per heavy atom. The van der Waals surface area contributed by atoms with E-state index in [1.807, 2.05) is 18.2 Å². The monoisotopic (exact) mass is 358 g/mol. The zero-order valence-electron chi connectivity index (χ0n) is 15.5. The van der Waals surface area contributed by atoms with Crippen molar-refractivity contribution in [1.82, 2.24) is 9.80 Å². The summed E-state index contributed by atoms with van der Waals surface area (Å²) < 4.78 is 5.71. The van der Waals surface area contributed by atoms with Gasteiger partial charge < -0.3 is 14.7 Å². The highest BCUT2D eigenvalue weighted by atomic mass is 16.5. The molecule has 1 amide bonds. The lowest BCUT2D eigenvalue weighted by Crippen LogP contribution is -2.45. The van der Waals surface area contributed by atoms with Gasteiger partial charge in [0.05, 0.1) is 6.61 Å². The molecule has 3 heterocycles. The molecule has 0 unspecified atom stereocenters. The first-order chi connectivity index (χ1) is 12.7. The zero-order valence-corrected chi connectivity index (χ0v) is 15.5. The van der Waals surface area contributed by atoms with Crippen LogP contribution in [0.3, 0.4) is 0 Å². The molecule has 0 aromatic heterocycles. The van der Waals surface area contributed by atoms with Crippen LogP contribution < -0.4 is 4.74 Å². The number of hydrogen-bond donors (Lipinski definition) is 1. The van der Waals surface area contributed by atoms with Crippen molar-refractivity contribution in [2.75, 3.05) is 32.8 Å². The fraction of sp³-hybridized carbons (Fsp3) is 0.667. The summed E-state index contributed by atoms with van der Waals surface area (Å²) in [6.45, 7) is 4.09. The van der Waals surface area contributed by atoms with Crippen LogP contribution in [-0.4, -0.2) is 59.7 Å². The van der Waals surface area contributed by atoms with Crippen LogP contribution >= 0.6 is 0 Å². The molecule has 26 heavy (non-hydrogen) atoms. The van der Waals surface area contributed by atoms with E-state index in [0.717, 1.165) is 44.8 Å². The summed E-state index contributed by atoms with van der Waals surface area (Å²) in [7, 11) is 0. The highest BCUT2D eigenvalue weighted by molar-refractivity contribution is 5.79. The van der Waals surface area contributed by atoms with Gasteiger partial charge in [-0.3, -0.25) is 9.69 Å². The molecule has 1 N–H and O–H groups in total. The normalized spacial score (nSPS) is 26.4. The minimum absolute atomic E-state index is 0.0288. The average Bonchev–Trinajstić information content (AvgIpc) is 2.91. The number of para-hydroxylation sites is 1. The lowest BCUT2D eigenvalue weighted by atomic mass is 9.84. The van der Waals surface area contributed by atoms with Gasteiger partial charge in [-0.2, -0.15) is 0 Å². The predicted molar refractivity (Wildman–Crippen MR) is 99.9 cm³/mol. The molecule has 3 aliphatic heterocycles. The van der Waals surface area contributed by atoms with Crippen LogP contribution in [0.5, 0.6) is 5.75 Å². The molecule has 5 rings (SSSR count). The predicted octanol–water partition coefficient (Wildman–Crippen LogP) is 2.28. The maximum Gasteiger partial charge on any atom is 0.225 e. The minimum Gasteiger partial charge on any atom is -0.491 e. The van der Waals surface area contributed by atoms with Crippen molar-refractivity contribution in [2.24, 2.45) is 11.8 Å². The second-order valence-electron chi connectivity index (χ2n) is 8.08. The van der Waals surface area contributed by atoms with Gasteiger partial charge in [0.1, 0.15) is 12.4 Å². The van der Waals surface area contributed by atoms with Gasteiger partial charge in [-0.15, -0.1) is 0 Å². The lowest BCUT2D eigenvalue weighted by molar-refractivity contribution is -0.138. The summed E-state index contributed by atoms with van der Waals surface area (Å²) >= 11 is 0. The van der Waals surface area contributed by atoms with E-state index in [1.54, 1.807) is 0 Å². The Morgan fingerprint density at radius 3 is 2.73 bits per heavy atom. The second kappa shape index (κ2) is 7.97. The zero-order chi connectivity index (χ0) is 17.9. The van der Waals surface area contributed by atoms with E-state index in [1.165, 1.54) is 24.8 Å². The van der Waals surface area contributed by atoms with Crippen LogP contribution in [0.2, 0.25) is 0 Å². The highest BCUT2D eigenvalue weighted by Gasteiger charge is 2.39. The first-order valence-electron chi connectivity index (χ1n) is 10.1. The van der Waals surface area contributed by atoms with Crippen molar-refractivity contribution in [2.45, 2.75) is 44.7 Å². The average molecular weight is 358 g/mol. The molecule has 5 nitrogen and oxygen atoms in total. The van der Waals surface area contributed by atoms with Gasteiger partial charge in [0.15, 0.2) is 0 Å². The number of ether oxygens (including phenoxy) is 1. The molecule has 1 aliphatic carbocycles. The maximum absolute atomic E-state index is 12.8. The van der Waals surface area contributed by atoms with Crippen LogP contribution in [0.4, 0.5) is 0 Å². The van der Waals surface area contributed by atoms with Crippen molar-refractivity contribution in [3.63, 3.8) is 0 Å². The van der Waals surface area contributed by atoms with Crippen LogP contribution in [0.25, 0.3) is 0 Å². The van der Waals surface area contributed by atoms with Gasteiger partial charge in [0.25, 0.3) is 0 Å². The number of aliphatic hydroxyl groups excluding tert-OH is 1. The molecule has 0 radical (unpaired) electrons. The van der Waals surface area contributed by atoms with E-state index in [4.69, 9.17) is 9.84 Å². The number of amides is 1. The molecule has 0 spiro atoms. The molecule has 4 fully saturated rings. The number of aliphatic hydroxyl groups is 1. The van der Waals surface area contributed by atoms with E-state index in [0.29, 0.717) is 30.4 Å². The number of carbonyl (C=O) groups excluding carboxylic acids is 1. The number of fused-ring (bicyclic) bond motifs is 4. The molecular weight excluding hydrogens is 328 g/mol. The fourth-order valence-corrected chi connectivity index (χ4v) is 4.62. The molecular formula is C21H30N2O3. The molecule has 142 valence electrons. The molecule has 5 heteroatoms. The van der Waals surface area contributed by atoms with Gasteiger partial charge in [0, 0.05) is 43.7 Å². The first kappa shape index (κ1) is 17.8. The highest BCUT2D eigenvalue weighted by Crippen LogP contribution is 2.34. The number of hydrogen-bond acceptors (Lipinski definition) is 4. The van der Waals surface area contributed by atoms with Gasteiger partial charge >= 0.3 is 0 Å². The van der Waals surface area contributed by atoms with Crippen molar-refractivity contribution < 1.29 is 14.6 Å². The SMILES string of the molecule is O=C(C1CCC1)N1C[C@@H]2CC[C@H](C1)N(Cc1ccccc1OCCO)C2. The van der Waals surface area contributed by atoms with Crippen LogP contribution in [0.15, 0.2) is 24.3 Å². The third kappa shape index (κ3) is 3.74. The van der Waals surface area contributed by atoms with Gasteiger partial charge in [0.2, 0.25) is 5.91 Å². The summed E-state index contributed by atoms with van der Waals surface area (Å²) in [5.74, 6) is 2.16. The lowest BCUT2D eigenvalue weighted by Gasteiger charge is -2.36. The largest absolute Gasteiger partial charge is 0.491 e. The van der Waals surface area contributed by atoms with E-state index < -0.39 is 0 Å². The molecule has 2 atom stereocenters. The quantitative estimate of drug-likeness (QED) is 0.848. The van der Waals surface area contributed by atoms with E-state index in [9.17, 15) is 4.79 Å². The van der Waals surface area contributed by atoms with Gasteiger partial charge in [-0.05, 0) is 37.7 Å². The number of nitrogens with zero attached hydrogens (tertiary/aromatic N) is 2. The Morgan fingerprint density at radius 1 is 1.12 bits per heavy atom. The summed E-state index contributed by atoms with van der Waals surface area (Å²) in [5, 5.41) is 9.04. The van der Waals surface area contributed by atoms with Crippen molar-refractivity contribution in [3.8, 4) is 5.75 Å². The molecule has 1 saturated carbocycles. The third-order valence-electron chi connectivity index (χ3n) is 6.29. The van der Waals surface area contributed by atoms with E-state index in [2.05, 4.69) is 15.9 Å². The second-order valence-corrected chi connectivity index (χ2v) is 8.08. The Labute approximate surface area is 155 Å². The smallest absolute Gasteiger partial charge is 0.225 e. The minimum atomic E-state index is 0.0288. The number of piperidine rings is 1. The first-order valence-corrected chi connectivity index (χ1v) is 10.1. The van der Waals surface area contributed by atoms with Crippen LogP contribution in [-0.2, 0) is 11.3 Å². The van der Waals surface area contributed by atoms with Crippen molar-refractivity contribution >= 4 is 5.91 Å². The molecule has 3 saturated heterocycles. The van der Waals surface area contributed by atoms with Crippen molar-refractivity contribution in [1.29, 1.82) is 0 Å². The van der Waals surface area contributed by atoms with Gasteiger partial charge in [-0.25, -0.2) is 0 Å². The van der Waals surface area contributed by atoms with Crippen LogP contribution in [0.1, 0.15) is 37.7 Å². The van der Waals surface area contributed by atoms with Gasteiger partial charge in [-0.1, -0.05) is 24.6 Å². The molecule has 4 aliphatic rings. The number of rotatable bonds is 6. The Hall–Kier alpha value is -1.59. The number of benzene rings is 1. The maximum atomic E-state index is 12.8. The Balaban J connectivity index is 1.45. The topological polar surface area (TPSA) is 53.0 Å². The van der Waals surface area contributed by atoms with Crippen LogP contribution in [0, 0.1) is 11.8 Å². The molecule has 1 aromatic carbocycles. The molecule has 1 aromatic rings. The summed E-state index contributed by atoms with van der Waals surface area (Å²) in [6.07, 6.45) is 5.80.